The number of nitrogens with one attached hydrogen (secondary N) is 1. The maximum atomic E-state index is 12.9. The number of benzene rings is 2. The number of amides is 1. The van der Waals surface area contributed by atoms with Crippen molar-refractivity contribution in [1.29, 1.82) is 0 Å². The van der Waals surface area contributed by atoms with Gasteiger partial charge < -0.3 is 10.2 Å². The van der Waals surface area contributed by atoms with Crippen LogP contribution >= 0.6 is 0 Å². The minimum Gasteiger partial charge on any atom is -0.350 e. The molecule has 1 aromatic heterocycles. The van der Waals surface area contributed by atoms with Gasteiger partial charge in [-0.3, -0.25) is 4.79 Å². The lowest BCUT2D eigenvalue weighted by atomic mass is 10.0. The first-order chi connectivity index (χ1) is 13.2. The summed E-state index contributed by atoms with van der Waals surface area (Å²) in [4.78, 5) is 23.4. The second kappa shape index (κ2) is 7.58. The molecule has 0 spiro atoms. The maximum Gasteiger partial charge on any atom is 0.261 e. The lowest BCUT2D eigenvalue weighted by Crippen LogP contribution is -2.35. The summed E-state index contributed by atoms with van der Waals surface area (Å²) >= 11 is 0. The van der Waals surface area contributed by atoms with Crippen LogP contribution in [0.2, 0.25) is 0 Å². The number of aromatic nitrogens is 2. The van der Waals surface area contributed by atoms with Crippen LogP contribution in [0.3, 0.4) is 0 Å². The Labute approximate surface area is 159 Å². The molecule has 2 heterocycles. The number of para-hydroxylation sites is 1. The summed E-state index contributed by atoms with van der Waals surface area (Å²) in [6.07, 6.45) is 5.19. The van der Waals surface area contributed by atoms with Crippen molar-refractivity contribution < 1.29 is 4.79 Å². The minimum absolute atomic E-state index is 0.0487. The summed E-state index contributed by atoms with van der Waals surface area (Å²) in [5.74, 6) is 0.472. The number of carbonyl (C=O) groups excluding carboxylic acids is 1. The van der Waals surface area contributed by atoms with E-state index < -0.39 is 0 Å². The van der Waals surface area contributed by atoms with E-state index in [1.807, 2.05) is 29.2 Å². The second-order valence-electron chi connectivity index (χ2n) is 6.83. The van der Waals surface area contributed by atoms with Crippen LogP contribution in [0.15, 0.2) is 60.9 Å². The van der Waals surface area contributed by atoms with E-state index in [4.69, 9.17) is 0 Å². The maximum absolute atomic E-state index is 12.9. The van der Waals surface area contributed by atoms with Crippen LogP contribution in [-0.2, 0) is 13.0 Å². The smallest absolute Gasteiger partial charge is 0.261 e. The first kappa shape index (κ1) is 17.2. The van der Waals surface area contributed by atoms with Crippen molar-refractivity contribution >= 4 is 17.5 Å². The molecule has 1 amide bonds. The first-order valence-corrected chi connectivity index (χ1v) is 9.22. The summed E-state index contributed by atoms with van der Waals surface area (Å²) in [7, 11) is 0. The molecule has 0 bridgehead atoms. The number of hydrogen-bond acceptors (Lipinski definition) is 4. The van der Waals surface area contributed by atoms with Gasteiger partial charge in [0.15, 0.2) is 0 Å². The molecule has 0 saturated heterocycles. The molecule has 0 aliphatic carbocycles. The summed E-state index contributed by atoms with van der Waals surface area (Å²) < 4.78 is 0. The van der Waals surface area contributed by atoms with Gasteiger partial charge in [0.05, 0.1) is 5.56 Å². The SMILES string of the molecule is Cc1cccc(CNc2ncc(C(=O)N3CCCc4ccccc43)cn2)c1. The quantitative estimate of drug-likeness (QED) is 0.766. The number of hydrogen-bond donors (Lipinski definition) is 1. The van der Waals surface area contributed by atoms with Gasteiger partial charge >= 0.3 is 0 Å². The highest BCUT2D eigenvalue weighted by Gasteiger charge is 2.23. The number of carbonyl (C=O) groups is 1. The Morgan fingerprint density at radius 1 is 1.11 bits per heavy atom. The van der Waals surface area contributed by atoms with Crippen molar-refractivity contribution in [2.75, 3.05) is 16.8 Å². The van der Waals surface area contributed by atoms with Crippen LogP contribution in [0.5, 0.6) is 0 Å². The summed E-state index contributed by atoms with van der Waals surface area (Å²) in [6.45, 7) is 3.44. The van der Waals surface area contributed by atoms with Crippen molar-refractivity contribution in [2.45, 2.75) is 26.3 Å². The largest absolute Gasteiger partial charge is 0.350 e. The van der Waals surface area contributed by atoms with Crippen molar-refractivity contribution in [3.63, 3.8) is 0 Å². The molecule has 4 rings (SSSR count). The average molecular weight is 358 g/mol. The van der Waals surface area contributed by atoms with Gasteiger partial charge in [-0.2, -0.15) is 0 Å². The fraction of sp³-hybridized carbons (Fsp3) is 0.227. The Bertz CT molecular complexity index is 953. The van der Waals surface area contributed by atoms with E-state index in [-0.39, 0.29) is 5.91 Å². The third-order valence-electron chi connectivity index (χ3n) is 4.79. The van der Waals surface area contributed by atoms with Gasteiger partial charge in [0.1, 0.15) is 0 Å². The standard InChI is InChI=1S/C22H22N4O/c1-16-6-4-7-17(12-16)13-23-22-24-14-19(15-25-22)21(27)26-11-5-9-18-8-2-3-10-20(18)26/h2-4,6-8,10,12,14-15H,5,9,11,13H2,1H3,(H,23,24,25). The molecule has 0 atom stereocenters. The highest BCUT2D eigenvalue weighted by Crippen LogP contribution is 2.27. The normalized spacial score (nSPS) is 13.1. The van der Waals surface area contributed by atoms with E-state index in [0.717, 1.165) is 25.1 Å². The highest BCUT2D eigenvalue weighted by molar-refractivity contribution is 6.06. The Kier molecular flexibility index (Phi) is 4.83. The molecular weight excluding hydrogens is 336 g/mol. The van der Waals surface area contributed by atoms with Crippen LogP contribution in [0.25, 0.3) is 0 Å². The molecule has 2 aromatic carbocycles. The molecule has 5 nitrogen and oxygen atoms in total. The van der Waals surface area contributed by atoms with Crippen molar-refractivity contribution in [3.05, 3.63) is 83.2 Å². The Balaban J connectivity index is 1.45. The van der Waals surface area contributed by atoms with Crippen LogP contribution in [0, 0.1) is 6.92 Å². The zero-order valence-corrected chi connectivity index (χ0v) is 15.4. The molecule has 27 heavy (non-hydrogen) atoms. The molecule has 0 saturated carbocycles. The zero-order valence-electron chi connectivity index (χ0n) is 15.4. The number of anilines is 2. The van der Waals surface area contributed by atoms with Crippen molar-refractivity contribution in [1.82, 2.24) is 9.97 Å². The van der Waals surface area contributed by atoms with Gasteiger partial charge in [0.2, 0.25) is 5.95 Å². The highest BCUT2D eigenvalue weighted by atomic mass is 16.2. The third kappa shape index (κ3) is 3.82. The Morgan fingerprint density at radius 2 is 1.93 bits per heavy atom. The lowest BCUT2D eigenvalue weighted by Gasteiger charge is -2.29. The number of aryl methyl sites for hydroxylation is 2. The number of rotatable bonds is 4. The van der Waals surface area contributed by atoms with Crippen LogP contribution < -0.4 is 10.2 Å². The molecule has 136 valence electrons. The molecule has 1 aliphatic heterocycles. The van der Waals surface area contributed by atoms with E-state index in [1.54, 1.807) is 12.4 Å². The monoisotopic (exact) mass is 358 g/mol. The molecule has 0 unspecified atom stereocenters. The fourth-order valence-electron chi connectivity index (χ4n) is 3.43. The Hall–Kier alpha value is -3.21. The van der Waals surface area contributed by atoms with E-state index in [0.29, 0.717) is 18.1 Å². The predicted octanol–water partition coefficient (Wildman–Crippen LogP) is 3.99. The van der Waals surface area contributed by atoms with Crippen LogP contribution in [0.4, 0.5) is 11.6 Å². The fourth-order valence-corrected chi connectivity index (χ4v) is 3.43. The van der Waals surface area contributed by atoms with Gasteiger partial charge in [-0.15, -0.1) is 0 Å². The lowest BCUT2D eigenvalue weighted by molar-refractivity contribution is 0.0984. The molecule has 3 aromatic rings. The third-order valence-corrected chi connectivity index (χ3v) is 4.79. The Morgan fingerprint density at radius 3 is 2.74 bits per heavy atom. The summed E-state index contributed by atoms with van der Waals surface area (Å²) in [6, 6.07) is 16.4. The molecular formula is C22H22N4O. The summed E-state index contributed by atoms with van der Waals surface area (Å²) in [5, 5.41) is 3.20. The molecule has 1 aliphatic rings. The number of nitrogens with zero attached hydrogens (tertiary/aromatic N) is 3. The van der Waals surface area contributed by atoms with E-state index >= 15 is 0 Å². The summed E-state index contributed by atoms with van der Waals surface area (Å²) in [5.41, 5.74) is 5.11. The van der Waals surface area contributed by atoms with Crippen molar-refractivity contribution in [3.8, 4) is 0 Å². The van der Waals surface area contributed by atoms with Crippen LogP contribution in [0.1, 0.15) is 33.5 Å². The van der Waals surface area contributed by atoms with E-state index in [9.17, 15) is 4.79 Å². The second-order valence-corrected chi connectivity index (χ2v) is 6.83. The number of fused-ring (bicyclic) bond motifs is 1. The van der Waals surface area contributed by atoms with Crippen molar-refractivity contribution in [2.24, 2.45) is 0 Å². The minimum atomic E-state index is -0.0487. The van der Waals surface area contributed by atoms with Gasteiger partial charge in [0, 0.05) is 31.2 Å². The average Bonchev–Trinajstić information content (AvgIpc) is 2.72. The molecule has 1 N–H and O–H groups in total. The van der Waals surface area contributed by atoms with Gasteiger partial charge in [-0.05, 0) is 37.0 Å². The zero-order chi connectivity index (χ0) is 18.6. The topological polar surface area (TPSA) is 58.1 Å². The first-order valence-electron chi connectivity index (χ1n) is 9.22. The molecule has 0 fully saturated rings. The van der Waals surface area contributed by atoms with Gasteiger partial charge in [-0.25, -0.2) is 9.97 Å². The van der Waals surface area contributed by atoms with E-state index in [1.165, 1.54) is 16.7 Å². The predicted molar refractivity (Wildman–Crippen MR) is 107 cm³/mol. The molecule has 0 radical (unpaired) electrons. The molecule has 5 heteroatoms. The van der Waals surface area contributed by atoms with Gasteiger partial charge in [0.25, 0.3) is 5.91 Å². The van der Waals surface area contributed by atoms with E-state index in [2.05, 4.69) is 46.5 Å². The van der Waals surface area contributed by atoms with Crippen LogP contribution in [-0.4, -0.2) is 22.4 Å². The van der Waals surface area contributed by atoms with Gasteiger partial charge in [-0.1, -0.05) is 48.0 Å².